The molecule has 1 rings (SSSR count). The Balaban J connectivity index is 0.00000400. The molecule has 6 nitrogen and oxygen atoms in total. The molecule has 0 aliphatic carbocycles. The fourth-order valence-corrected chi connectivity index (χ4v) is 1.57. The second-order valence-corrected chi connectivity index (χ2v) is 4.13. The number of hydrogen-bond acceptors (Lipinski definition) is 4. The highest BCUT2D eigenvalue weighted by Crippen LogP contribution is 2.14. The lowest BCUT2D eigenvalue weighted by Gasteiger charge is -2.14. The molecule has 0 fully saturated rings. The maximum absolute atomic E-state index is 11.9. The van der Waals surface area contributed by atoms with Crippen molar-refractivity contribution in [3.8, 4) is 0 Å². The number of hydrogen-bond donors (Lipinski definition) is 2. The largest absolute Gasteiger partial charge is 0.411 e. The molecule has 1 unspecified atom stereocenters. The number of halogens is 4. The normalized spacial score (nSPS) is 12.6. The van der Waals surface area contributed by atoms with Gasteiger partial charge in [-0.15, -0.1) is 12.4 Å². The van der Waals surface area contributed by atoms with Crippen LogP contribution < -0.4 is 10.6 Å². The van der Waals surface area contributed by atoms with Gasteiger partial charge in [0.05, 0.1) is 12.8 Å². The van der Waals surface area contributed by atoms with E-state index >= 15 is 0 Å². The van der Waals surface area contributed by atoms with Crippen molar-refractivity contribution in [2.45, 2.75) is 12.2 Å². The van der Waals surface area contributed by atoms with Gasteiger partial charge in [0, 0.05) is 25.4 Å². The van der Waals surface area contributed by atoms with Gasteiger partial charge in [-0.3, -0.25) is 9.48 Å². The summed E-state index contributed by atoms with van der Waals surface area (Å²) in [5.74, 6) is -0.351. The molecule has 1 heterocycles. The zero-order valence-corrected chi connectivity index (χ0v) is 12.4. The summed E-state index contributed by atoms with van der Waals surface area (Å²) in [6, 6.07) is -0.605. The monoisotopic (exact) mass is 330 g/mol. The van der Waals surface area contributed by atoms with Crippen LogP contribution >= 0.6 is 12.4 Å². The third-order valence-corrected chi connectivity index (χ3v) is 2.42. The van der Waals surface area contributed by atoms with Crippen LogP contribution in [0.5, 0.6) is 0 Å². The highest BCUT2D eigenvalue weighted by molar-refractivity contribution is 5.85. The van der Waals surface area contributed by atoms with Crippen LogP contribution in [0.3, 0.4) is 0 Å². The van der Waals surface area contributed by atoms with Gasteiger partial charge < -0.3 is 15.4 Å². The first-order valence-electron chi connectivity index (χ1n) is 5.91. The molecule has 0 bridgehead atoms. The number of rotatable bonds is 7. The van der Waals surface area contributed by atoms with Gasteiger partial charge in [0.15, 0.2) is 0 Å². The van der Waals surface area contributed by atoms with Gasteiger partial charge in [0.25, 0.3) is 0 Å². The number of aromatic nitrogens is 2. The lowest BCUT2D eigenvalue weighted by atomic mass is 10.1. The van der Waals surface area contributed by atoms with E-state index in [1.165, 1.54) is 0 Å². The lowest BCUT2D eigenvalue weighted by molar-refractivity contribution is -0.173. The van der Waals surface area contributed by atoms with Crippen LogP contribution in [0.2, 0.25) is 0 Å². The van der Waals surface area contributed by atoms with Gasteiger partial charge in [-0.05, 0) is 7.05 Å². The second-order valence-electron chi connectivity index (χ2n) is 4.13. The Kier molecular flexibility index (Phi) is 8.30. The van der Waals surface area contributed by atoms with E-state index in [-0.39, 0.29) is 31.5 Å². The predicted molar refractivity (Wildman–Crippen MR) is 72.1 cm³/mol. The van der Waals surface area contributed by atoms with Crippen LogP contribution in [0.1, 0.15) is 11.6 Å². The van der Waals surface area contributed by atoms with Crippen molar-refractivity contribution in [1.29, 1.82) is 0 Å². The SMILES string of the molecule is CNC(C(=O)NCCOCC(F)(F)F)c1cnn(C)c1.Cl. The van der Waals surface area contributed by atoms with Crippen LogP contribution in [-0.4, -0.2) is 48.7 Å². The van der Waals surface area contributed by atoms with Gasteiger partial charge in [-0.1, -0.05) is 0 Å². The van der Waals surface area contributed by atoms with Crippen LogP contribution in [-0.2, 0) is 16.6 Å². The Bertz CT molecular complexity index is 439. The number of likely N-dealkylation sites (N-methyl/N-ethyl adjacent to an activating group) is 1. The van der Waals surface area contributed by atoms with E-state index in [4.69, 9.17) is 0 Å². The molecular formula is C11H18ClF3N4O2. The van der Waals surface area contributed by atoms with E-state index in [1.54, 1.807) is 31.2 Å². The molecule has 1 amide bonds. The molecular weight excluding hydrogens is 313 g/mol. The molecule has 0 radical (unpaired) electrons. The average molecular weight is 331 g/mol. The van der Waals surface area contributed by atoms with E-state index < -0.39 is 18.8 Å². The molecule has 21 heavy (non-hydrogen) atoms. The maximum atomic E-state index is 11.9. The topological polar surface area (TPSA) is 68.2 Å². The molecule has 0 aliphatic heterocycles. The number of aryl methyl sites for hydroxylation is 1. The summed E-state index contributed by atoms with van der Waals surface area (Å²) in [4.78, 5) is 11.9. The highest BCUT2D eigenvalue weighted by Gasteiger charge is 2.27. The molecule has 122 valence electrons. The van der Waals surface area contributed by atoms with E-state index in [2.05, 4.69) is 20.5 Å². The highest BCUT2D eigenvalue weighted by atomic mass is 35.5. The third kappa shape index (κ3) is 7.30. The van der Waals surface area contributed by atoms with Crippen molar-refractivity contribution in [2.75, 3.05) is 26.8 Å². The molecule has 2 N–H and O–H groups in total. The second kappa shape index (κ2) is 8.85. The van der Waals surface area contributed by atoms with Gasteiger partial charge in [-0.2, -0.15) is 18.3 Å². The summed E-state index contributed by atoms with van der Waals surface area (Å²) in [5, 5.41) is 9.26. The summed E-state index contributed by atoms with van der Waals surface area (Å²) >= 11 is 0. The Labute approximate surface area is 126 Å². The zero-order chi connectivity index (χ0) is 15.2. The van der Waals surface area contributed by atoms with Crippen molar-refractivity contribution in [3.05, 3.63) is 18.0 Å². The first kappa shape index (κ1) is 19.7. The third-order valence-electron chi connectivity index (χ3n) is 2.42. The van der Waals surface area contributed by atoms with Crippen molar-refractivity contribution in [1.82, 2.24) is 20.4 Å². The molecule has 0 spiro atoms. The molecule has 0 aliphatic rings. The van der Waals surface area contributed by atoms with Crippen LogP contribution in [0, 0.1) is 0 Å². The maximum Gasteiger partial charge on any atom is 0.411 e. The van der Waals surface area contributed by atoms with Crippen molar-refractivity contribution in [2.24, 2.45) is 7.05 Å². The minimum atomic E-state index is -4.35. The van der Waals surface area contributed by atoms with Crippen molar-refractivity contribution >= 4 is 18.3 Å². The van der Waals surface area contributed by atoms with Crippen molar-refractivity contribution in [3.63, 3.8) is 0 Å². The van der Waals surface area contributed by atoms with Gasteiger partial charge in [0.2, 0.25) is 5.91 Å². The summed E-state index contributed by atoms with van der Waals surface area (Å²) in [7, 11) is 3.33. The average Bonchev–Trinajstić information content (AvgIpc) is 2.75. The number of nitrogens with one attached hydrogen (secondary N) is 2. The quantitative estimate of drug-likeness (QED) is 0.726. The number of alkyl halides is 3. The molecule has 0 saturated carbocycles. The fourth-order valence-electron chi connectivity index (χ4n) is 1.57. The van der Waals surface area contributed by atoms with Gasteiger partial charge >= 0.3 is 6.18 Å². The number of ether oxygens (including phenoxy) is 1. The Hall–Kier alpha value is -1.32. The molecule has 0 saturated heterocycles. The number of carbonyl (C=O) groups is 1. The Morgan fingerprint density at radius 1 is 1.52 bits per heavy atom. The summed E-state index contributed by atoms with van der Waals surface area (Å²) < 4.78 is 41.4. The van der Waals surface area contributed by atoms with Gasteiger partial charge in [-0.25, -0.2) is 0 Å². The van der Waals surface area contributed by atoms with Gasteiger partial charge in [0.1, 0.15) is 12.6 Å². The first-order valence-corrected chi connectivity index (χ1v) is 5.91. The van der Waals surface area contributed by atoms with Crippen molar-refractivity contribution < 1.29 is 22.7 Å². The molecule has 1 aromatic rings. The minimum Gasteiger partial charge on any atom is -0.370 e. The summed E-state index contributed by atoms with van der Waals surface area (Å²) in [5.41, 5.74) is 0.670. The Morgan fingerprint density at radius 2 is 2.19 bits per heavy atom. The first-order chi connectivity index (χ1) is 9.33. The summed E-state index contributed by atoms with van der Waals surface area (Å²) in [6.07, 6.45) is -1.13. The van der Waals surface area contributed by atoms with Crippen LogP contribution in [0.15, 0.2) is 12.4 Å². The van der Waals surface area contributed by atoms with Crippen LogP contribution in [0.4, 0.5) is 13.2 Å². The number of amides is 1. The van der Waals surface area contributed by atoms with E-state index in [0.717, 1.165) is 0 Å². The molecule has 0 aromatic carbocycles. The summed E-state index contributed by atoms with van der Waals surface area (Å²) in [6.45, 7) is -1.51. The lowest BCUT2D eigenvalue weighted by Crippen LogP contribution is -2.37. The Morgan fingerprint density at radius 3 is 2.67 bits per heavy atom. The predicted octanol–water partition coefficient (Wildman–Crippen LogP) is 0.797. The van der Waals surface area contributed by atoms with E-state index in [0.29, 0.717) is 5.56 Å². The molecule has 1 aromatic heterocycles. The van der Waals surface area contributed by atoms with Crippen LogP contribution in [0.25, 0.3) is 0 Å². The van der Waals surface area contributed by atoms with E-state index in [9.17, 15) is 18.0 Å². The zero-order valence-electron chi connectivity index (χ0n) is 11.6. The number of nitrogens with zero attached hydrogens (tertiary/aromatic N) is 2. The smallest absolute Gasteiger partial charge is 0.370 e. The molecule has 10 heteroatoms. The standard InChI is InChI=1S/C11H17F3N4O2.ClH/c1-15-9(8-5-17-18(2)6-8)10(19)16-3-4-20-7-11(12,13)14;/h5-6,9,15H,3-4,7H2,1-2H3,(H,16,19);1H. The van der Waals surface area contributed by atoms with E-state index in [1.807, 2.05) is 0 Å². The number of carbonyl (C=O) groups excluding carboxylic acids is 1. The fraction of sp³-hybridized carbons (Fsp3) is 0.636. The molecule has 1 atom stereocenters. The minimum absolute atomic E-state index is 0.